The number of Topliss-reactive ketones (excluding diaryl/α,β-unsaturated/α-hetero) is 1. The van der Waals surface area contributed by atoms with Gasteiger partial charge in [0.15, 0.2) is 5.92 Å². The molecule has 0 aliphatic carbocycles. The van der Waals surface area contributed by atoms with E-state index in [1.807, 2.05) is 43.4 Å². The first-order chi connectivity index (χ1) is 14.1. The second kappa shape index (κ2) is 11.6. The van der Waals surface area contributed by atoms with Gasteiger partial charge < -0.3 is 14.2 Å². The summed E-state index contributed by atoms with van der Waals surface area (Å²) in [5.74, 6) is -5.50. The largest absolute Gasteiger partial charge is 0.465 e. The van der Waals surface area contributed by atoms with Gasteiger partial charge in [0.05, 0.1) is 27.9 Å². The first-order valence-corrected chi connectivity index (χ1v) is 13.3. The minimum Gasteiger partial charge on any atom is -0.465 e. The molecule has 0 heterocycles. The first kappa shape index (κ1) is 25.6. The van der Waals surface area contributed by atoms with Crippen LogP contribution >= 0.6 is 0 Å². The fourth-order valence-electron chi connectivity index (χ4n) is 3.74. The van der Waals surface area contributed by atoms with E-state index in [1.165, 1.54) is 6.92 Å². The fraction of sp³-hybridized carbons (Fsp3) is 0.545. The molecular formula is C22H32O7Si. The van der Waals surface area contributed by atoms with Gasteiger partial charge in [-0.25, -0.2) is 0 Å². The summed E-state index contributed by atoms with van der Waals surface area (Å²) in [5, 5.41) is 0.893. The topological polar surface area (TPSA) is 96.0 Å². The molecule has 0 bridgehead atoms. The quantitative estimate of drug-likeness (QED) is 0.228. The van der Waals surface area contributed by atoms with Crippen LogP contribution in [0.5, 0.6) is 0 Å². The first-order valence-electron chi connectivity index (χ1n) is 10.2. The second-order valence-corrected chi connectivity index (χ2v) is 12.1. The molecule has 0 saturated heterocycles. The Labute approximate surface area is 179 Å². The van der Waals surface area contributed by atoms with E-state index in [0.29, 0.717) is 0 Å². The van der Waals surface area contributed by atoms with Crippen molar-refractivity contribution in [3.05, 3.63) is 30.3 Å². The van der Waals surface area contributed by atoms with Gasteiger partial charge in [0.2, 0.25) is 0 Å². The molecule has 1 aromatic rings. The molecule has 30 heavy (non-hydrogen) atoms. The average Bonchev–Trinajstić information content (AvgIpc) is 2.68. The lowest BCUT2D eigenvalue weighted by Gasteiger charge is -2.39. The van der Waals surface area contributed by atoms with Crippen LogP contribution in [0.15, 0.2) is 30.3 Å². The number of rotatable bonds is 11. The number of carbonyl (C=O) groups is 4. The van der Waals surface area contributed by atoms with Gasteiger partial charge in [0.25, 0.3) is 0 Å². The highest BCUT2D eigenvalue weighted by molar-refractivity contribution is 6.91. The molecule has 0 aliphatic rings. The summed E-state index contributed by atoms with van der Waals surface area (Å²) in [6.07, 6.45) is 0. The van der Waals surface area contributed by atoms with Gasteiger partial charge in [0.1, 0.15) is 11.7 Å². The summed E-state index contributed by atoms with van der Waals surface area (Å²) in [5.41, 5.74) is -0.936. The fourth-order valence-corrected chi connectivity index (χ4v) is 7.48. The van der Waals surface area contributed by atoms with E-state index in [0.717, 1.165) is 5.19 Å². The lowest BCUT2D eigenvalue weighted by molar-refractivity contribution is -0.163. The Bertz CT molecular complexity index is 727. The molecule has 1 aromatic carbocycles. The van der Waals surface area contributed by atoms with Crippen LogP contribution < -0.4 is 5.19 Å². The molecular weight excluding hydrogens is 404 g/mol. The summed E-state index contributed by atoms with van der Waals surface area (Å²) in [7, 11) is -2.80. The molecule has 0 N–H and O–H groups in total. The summed E-state index contributed by atoms with van der Waals surface area (Å²) in [4.78, 5) is 51.4. The smallest absolute Gasteiger partial charge is 0.320 e. The molecule has 0 amide bonds. The predicted octanol–water partition coefficient (Wildman–Crippen LogP) is 2.48. The molecule has 166 valence electrons. The summed E-state index contributed by atoms with van der Waals surface area (Å²) >= 11 is 0. The zero-order valence-electron chi connectivity index (χ0n) is 18.6. The highest BCUT2D eigenvalue weighted by atomic mass is 28.3. The van der Waals surface area contributed by atoms with Crippen LogP contribution in [-0.4, -0.2) is 51.6 Å². The Hall–Kier alpha value is -2.48. The van der Waals surface area contributed by atoms with E-state index < -0.39 is 49.1 Å². The Kier molecular flexibility index (Phi) is 9.91. The van der Waals surface area contributed by atoms with Gasteiger partial charge >= 0.3 is 17.9 Å². The number of esters is 3. The Morgan fingerprint density at radius 1 is 0.767 bits per heavy atom. The molecule has 0 fully saturated rings. The predicted molar refractivity (Wildman–Crippen MR) is 115 cm³/mol. The summed E-state index contributed by atoms with van der Waals surface area (Å²) < 4.78 is 15.5. The maximum Gasteiger partial charge on any atom is 0.320 e. The zero-order valence-corrected chi connectivity index (χ0v) is 19.6. The van der Waals surface area contributed by atoms with Gasteiger partial charge in [0, 0.05) is 5.54 Å². The number of carbonyl (C=O) groups excluding carboxylic acids is 4. The molecule has 0 aliphatic heterocycles. The van der Waals surface area contributed by atoms with Gasteiger partial charge in [-0.1, -0.05) is 48.6 Å². The highest BCUT2D eigenvalue weighted by Crippen LogP contribution is 2.40. The van der Waals surface area contributed by atoms with Crippen LogP contribution in [0.3, 0.4) is 0 Å². The van der Waals surface area contributed by atoms with Crippen LogP contribution in [-0.2, 0) is 33.4 Å². The van der Waals surface area contributed by atoms with Crippen molar-refractivity contribution in [2.45, 2.75) is 46.3 Å². The third-order valence-electron chi connectivity index (χ3n) is 5.13. The number of ketones is 1. The number of benzene rings is 1. The number of hydrogen-bond acceptors (Lipinski definition) is 7. The van der Waals surface area contributed by atoms with Crippen LogP contribution in [0.4, 0.5) is 0 Å². The van der Waals surface area contributed by atoms with E-state index in [-0.39, 0.29) is 19.8 Å². The molecule has 0 aromatic heterocycles. The minimum absolute atomic E-state index is 0.0545. The Morgan fingerprint density at radius 2 is 1.17 bits per heavy atom. The van der Waals surface area contributed by atoms with Gasteiger partial charge in [-0.15, -0.1) is 0 Å². The van der Waals surface area contributed by atoms with E-state index in [9.17, 15) is 19.2 Å². The van der Waals surface area contributed by atoms with Crippen molar-refractivity contribution in [2.75, 3.05) is 19.8 Å². The van der Waals surface area contributed by atoms with E-state index in [1.54, 1.807) is 20.8 Å². The SMILES string of the molecule is CCOC(=O)C(C(C)=O)C(C(C(=O)OCC)C(=O)OCC)[Si](C)(C)c1ccccc1. The van der Waals surface area contributed by atoms with Gasteiger partial charge in [-0.3, -0.25) is 19.2 Å². The van der Waals surface area contributed by atoms with Crippen LogP contribution in [0.2, 0.25) is 18.6 Å². The van der Waals surface area contributed by atoms with Crippen molar-refractivity contribution in [1.29, 1.82) is 0 Å². The van der Waals surface area contributed by atoms with Crippen molar-refractivity contribution in [1.82, 2.24) is 0 Å². The van der Waals surface area contributed by atoms with Crippen molar-refractivity contribution in [3.63, 3.8) is 0 Å². The maximum atomic E-state index is 12.9. The maximum absolute atomic E-state index is 12.9. The zero-order chi connectivity index (χ0) is 22.9. The van der Waals surface area contributed by atoms with Crippen LogP contribution in [0.1, 0.15) is 27.7 Å². The standard InChI is InChI=1S/C22H32O7Si/c1-7-27-20(24)17(15(4)23)19(30(5,6)16-13-11-10-12-14-16)18(21(25)28-8-2)22(26)29-9-3/h10-14,17-19H,7-9H2,1-6H3. The summed E-state index contributed by atoms with van der Waals surface area (Å²) in [6, 6.07) is 9.31. The highest BCUT2D eigenvalue weighted by Gasteiger charge is 2.54. The molecule has 0 spiro atoms. The van der Waals surface area contributed by atoms with Crippen LogP contribution in [0, 0.1) is 11.8 Å². The summed E-state index contributed by atoms with van der Waals surface area (Å²) in [6.45, 7) is 10.2. The third-order valence-corrected chi connectivity index (χ3v) is 9.28. The van der Waals surface area contributed by atoms with Crippen molar-refractivity contribution >= 4 is 37.0 Å². The monoisotopic (exact) mass is 436 g/mol. The van der Waals surface area contributed by atoms with E-state index in [2.05, 4.69) is 0 Å². The lowest BCUT2D eigenvalue weighted by Crippen LogP contribution is -2.56. The average molecular weight is 437 g/mol. The van der Waals surface area contributed by atoms with Crippen molar-refractivity contribution in [3.8, 4) is 0 Å². The normalized spacial score (nSPS) is 13.3. The molecule has 1 rings (SSSR count). The number of ether oxygens (including phenoxy) is 3. The Balaban J connectivity index is 3.74. The molecule has 0 saturated carbocycles. The van der Waals surface area contributed by atoms with Crippen molar-refractivity contribution < 1.29 is 33.4 Å². The van der Waals surface area contributed by atoms with Gasteiger partial charge in [-0.05, 0) is 27.7 Å². The molecule has 8 heteroatoms. The van der Waals surface area contributed by atoms with Gasteiger partial charge in [-0.2, -0.15) is 0 Å². The number of hydrogen-bond donors (Lipinski definition) is 0. The second-order valence-electron chi connectivity index (χ2n) is 7.44. The van der Waals surface area contributed by atoms with E-state index >= 15 is 0 Å². The molecule has 2 unspecified atom stereocenters. The molecule has 0 radical (unpaired) electrons. The third kappa shape index (κ3) is 6.01. The van der Waals surface area contributed by atoms with Crippen LogP contribution in [0.25, 0.3) is 0 Å². The lowest BCUT2D eigenvalue weighted by atomic mass is 9.90. The van der Waals surface area contributed by atoms with E-state index in [4.69, 9.17) is 14.2 Å². The minimum atomic E-state index is -2.80. The van der Waals surface area contributed by atoms with Crippen molar-refractivity contribution in [2.24, 2.45) is 11.8 Å². The Morgan fingerprint density at radius 3 is 1.53 bits per heavy atom. The molecule has 2 atom stereocenters. The molecule has 7 nitrogen and oxygen atoms in total.